The zero-order chi connectivity index (χ0) is 16.2. The summed E-state index contributed by atoms with van der Waals surface area (Å²) in [5.74, 6) is 0.451. The van der Waals surface area contributed by atoms with E-state index in [0.29, 0.717) is 17.9 Å². The summed E-state index contributed by atoms with van der Waals surface area (Å²) in [6, 6.07) is 8.27. The second-order valence-corrected chi connectivity index (χ2v) is 5.47. The molecule has 1 aliphatic rings. The number of rotatable bonds is 5. The minimum Gasteiger partial charge on any atom is -0.484 e. The van der Waals surface area contributed by atoms with Crippen molar-refractivity contribution in [2.24, 2.45) is 0 Å². The number of hydrogen-bond donors (Lipinski definition) is 0. The maximum Gasteiger partial charge on any atom is 0.336 e. The summed E-state index contributed by atoms with van der Waals surface area (Å²) in [6.45, 7) is 2.57. The number of fused-ring (bicyclic) bond motifs is 1. The first-order valence-corrected chi connectivity index (χ1v) is 7.83. The highest BCUT2D eigenvalue weighted by Crippen LogP contribution is 2.22. The maximum absolute atomic E-state index is 12.3. The molecule has 2 aromatic rings. The topological polar surface area (TPSA) is 59.8 Å². The van der Waals surface area contributed by atoms with Crippen LogP contribution in [-0.4, -0.2) is 24.0 Å². The molecule has 5 nitrogen and oxygen atoms in total. The van der Waals surface area contributed by atoms with Gasteiger partial charge < -0.3 is 14.1 Å². The third-order valence-corrected chi connectivity index (χ3v) is 3.94. The number of carbonyl (C=O) groups is 1. The van der Waals surface area contributed by atoms with Crippen molar-refractivity contribution in [2.45, 2.75) is 26.2 Å². The Labute approximate surface area is 134 Å². The minimum atomic E-state index is -0.406. The number of nitrogens with zero attached hydrogens (tertiary/aromatic N) is 1. The predicted molar refractivity (Wildman–Crippen MR) is 87.3 cm³/mol. The standard InChI is InChI=1S/C18H19NO4/c1-2-19(14-5-3-4-6-14)17(20)12-22-15-9-7-13-8-10-18(21)23-16(13)11-15/h5,7-11H,2-4,6,12H2,1H3. The molecule has 0 bridgehead atoms. The van der Waals surface area contributed by atoms with E-state index in [1.807, 2.05) is 6.92 Å². The fraction of sp³-hybridized carbons (Fsp3) is 0.333. The van der Waals surface area contributed by atoms with Gasteiger partial charge in [-0.05, 0) is 44.4 Å². The van der Waals surface area contributed by atoms with Crippen LogP contribution in [0.25, 0.3) is 11.0 Å². The number of allylic oxidation sites excluding steroid dienone is 2. The Morgan fingerprint density at radius 1 is 1.30 bits per heavy atom. The summed E-state index contributed by atoms with van der Waals surface area (Å²) >= 11 is 0. The van der Waals surface area contributed by atoms with Crippen LogP contribution in [0.1, 0.15) is 26.2 Å². The smallest absolute Gasteiger partial charge is 0.336 e. The van der Waals surface area contributed by atoms with Crippen molar-refractivity contribution in [3.05, 3.63) is 52.5 Å². The van der Waals surface area contributed by atoms with Gasteiger partial charge in [-0.25, -0.2) is 4.79 Å². The Balaban J connectivity index is 1.69. The van der Waals surface area contributed by atoms with Crippen molar-refractivity contribution in [1.29, 1.82) is 0 Å². The Kier molecular flexibility index (Phi) is 4.46. The second kappa shape index (κ2) is 6.69. The molecule has 120 valence electrons. The second-order valence-electron chi connectivity index (χ2n) is 5.47. The number of carbonyl (C=O) groups excluding carboxylic acids is 1. The van der Waals surface area contributed by atoms with Gasteiger partial charge in [0.15, 0.2) is 6.61 Å². The van der Waals surface area contributed by atoms with Crippen LogP contribution in [0.15, 0.2) is 51.3 Å². The molecule has 1 aromatic carbocycles. The zero-order valence-electron chi connectivity index (χ0n) is 13.1. The van der Waals surface area contributed by atoms with E-state index in [1.54, 1.807) is 29.2 Å². The van der Waals surface area contributed by atoms with E-state index in [9.17, 15) is 9.59 Å². The summed E-state index contributed by atoms with van der Waals surface area (Å²) in [5, 5.41) is 0.814. The predicted octanol–water partition coefficient (Wildman–Crippen LogP) is 3.09. The molecular weight excluding hydrogens is 294 g/mol. The average Bonchev–Trinajstić information content (AvgIpc) is 3.07. The number of amides is 1. The lowest BCUT2D eigenvalue weighted by Gasteiger charge is -2.22. The molecule has 0 aliphatic heterocycles. The van der Waals surface area contributed by atoms with Gasteiger partial charge in [-0.15, -0.1) is 0 Å². The first kappa shape index (κ1) is 15.3. The van der Waals surface area contributed by atoms with E-state index >= 15 is 0 Å². The zero-order valence-corrected chi connectivity index (χ0v) is 13.1. The normalized spacial score (nSPS) is 13.9. The van der Waals surface area contributed by atoms with Gasteiger partial charge in [0.2, 0.25) is 0 Å². The third-order valence-electron chi connectivity index (χ3n) is 3.94. The molecule has 0 atom stereocenters. The molecule has 1 aliphatic carbocycles. The van der Waals surface area contributed by atoms with E-state index < -0.39 is 5.63 Å². The maximum atomic E-state index is 12.3. The first-order chi connectivity index (χ1) is 11.2. The fourth-order valence-electron chi connectivity index (χ4n) is 2.79. The molecule has 5 heteroatoms. The summed E-state index contributed by atoms with van der Waals surface area (Å²) in [6.07, 6.45) is 5.19. The van der Waals surface area contributed by atoms with E-state index in [1.165, 1.54) is 6.07 Å². The SMILES string of the molecule is CCN(C(=O)COc1ccc2ccc(=O)oc2c1)C1=CCCC1. The van der Waals surface area contributed by atoms with Crippen molar-refractivity contribution in [2.75, 3.05) is 13.2 Å². The van der Waals surface area contributed by atoms with E-state index in [0.717, 1.165) is 30.3 Å². The molecule has 0 saturated heterocycles. The Bertz CT molecular complexity index is 806. The fourth-order valence-corrected chi connectivity index (χ4v) is 2.79. The van der Waals surface area contributed by atoms with Crippen molar-refractivity contribution < 1.29 is 13.9 Å². The highest BCUT2D eigenvalue weighted by atomic mass is 16.5. The molecule has 0 unspecified atom stereocenters. The molecule has 23 heavy (non-hydrogen) atoms. The van der Waals surface area contributed by atoms with Crippen molar-refractivity contribution in [3.63, 3.8) is 0 Å². The van der Waals surface area contributed by atoms with Crippen LogP contribution in [-0.2, 0) is 4.79 Å². The van der Waals surface area contributed by atoms with Crippen molar-refractivity contribution in [1.82, 2.24) is 4.90 Å². The van der Waals surface area contributed by atoms with Crippen LogP contribution in [0, 0.1) is 0 Å². The van der Waals surface area contributed by atoms with Crippen LogP contribution >= 0.6 is 0 Å². The van der Waals surface area contributed by atoms with Crippen molar-refractivity contribution >= 4 is 16.9 Å². The molecule has 3 rings (SSSR count). The molecule has 0 N–H and O–H groups in total. The van der Waals surface area contributed by atoms with Gasteiger partial charge >= 0.3 is 5.63 Å². The van der Waals surface area contributed by atoms with Crippen LogP contribution in [0.2, 0.25) is 0 Å². The summed E-state index contributed by atoms with van der Waals surface area (Å²) in [7, 11) is 0. The summed E-state index contributed by atoms with van der Waals surface area (Å²) in [4.78, 5) is 25.4. The molecular formula is C18H19NO4. The largest absolute Gasteiger partial charge is 0.484 e. The molecule has 0 saturated carbocycles. The van der Waals surface area contributed by atoms with E-state index in [-0.39, 0.29) is 12.5 Å². The first-order valence-electron chi connectivity index (χ1n) is 7.83. The van der Waals surface area contributed by atoms with Gasteiger partial charge in [-0.3, -0.25) is 4.79 Å². The van der Waals surface area contributed by atoms with Gasteiger partial charge in [-0.2, -0.15) is 0 Å². The van der Waals surface area contributed by atoms with Gasteiger partial charge in [0.05, 0.1) is 0 Å². The number of likely N-dealkylation sites (N-methyl/N-ethyl adjacent to an activating group) is 1. The Hall–Kier alpha value is -2.56. The summed E-state index contributed by atoms with van der Waals surface area (Å²) < 4.78 is 10.7. The molecule has 0 fully saturated rings. The molecule has 1 heterocycles. The van der Waals surface area contributed by atoms with E-state index in [2.05, 4.69) is 6.08 Å². The van der Waals surface area contributed by atoms with Gasteiger partial charge in [0.1, 0.15) is 11.3 Å². The quantitative estimate of drug-likeness (QED) is 0.796. The van der Waals surface area contributed by atoms with Crippen LogP contribution in [0.3, 0.4) is 0 Å². The molecule has 1 aromatic heterocycles. The monoisotopic (exact) mass is 313 g/mol. The third kappa shape index (κ3) is 3.44. The van der Waals surface area contributed by atoms with Crippen molar-refractivity contribution in [3.8, 4) is 5.75 Å². The van der Waals surface area contributed by atoms with Gasteiger partial charge in [0.25, 0.3) is 5.91 Å². The number of ether oxygens (including phenoxy) is 1. The van der Waals surface area contributed by atoms with Crippen LogP contribution < -0.4 is 10.4 Å². The molecule has 0 radical (unpaired) electrons. The molecule has 1 amide bonds. The summed E-state index contributed by atoms with van der Waals surface area (Å²) in [5.41, 5.74) is 1.13. The Morgan fingerprint density at radius 2 is 2.13 bits per heavy atom. The highest BCUT2D eigenvalue weighted by Gasteiger charge is 2.19. The van der Waals surface area contributed by atoms with Crippen LogP contribution in [0.4, 0.5) is 0 Å². The number of benzene rings is 1. The lowest BCUT2D eigenvalue weighted by Crippen LogP contribution is -2.33. The Morgan fingerprint density at radius 3 is 2.87 bits per heavy atom. The minimum absolute atomic E-state index is 0.0340. The number of hydrogen-bond acceptors (Lipinski definition) is 4. The van der Waals surface area contributed by atoms with E-state index in [4.69, 9.17) is 9.15 Å². The average molecular weight is 313 g/mol. The lowest BCUT2D eigenvalue weighted by molar-refractivity contribution is -0.131. The lowest BCUT2D eigenvalue weighted by atomic mass is 10.2. The van der Waals surface area contributed by atoms with Crippen LogP contribution in [0.5, 0.6) is 5.75 Å². The molecule has 0 spiro atoms. The highest BCUT2D eigenvalue weighted by molar-refractivity contribution is 5.80. The van der Waals surface area contributed by atoms with Gasteiger partial charge in [-0.1, -0.05) is 6.08 Å². The van der Waals surface area contributed by atoms with Gasteiger partial charge in [0, 0.05) is 29.8 Å².